The summed E-state index contributed by atoms with van der Waals surface area (Å²) in [7, 11) is 0. The molecule has 2 rings (SSSR count). The first kappa shape index (κ1) is 11.9. The summed E-state index contributed by atoms with van der Waals surface area (Å²) in [6.07, 6.45) is 0.584. The van der Waals surface area contributed by atoms with Crippen LogP contribution in [-0.4, -0.2) is 43.8 Å². The van der Waals surface area contributed by atoms with Crippen molar-refractivity contribution in [3.05, 3.63) is 35.9 Å². The zero-order chi connectivity index (χ0) is 11.9. The molecule has 0 atom stereocenters. The number of benzene rings is 1. The molecule has 92 valence electrons. The molecule has 1 fully saturated rings. The second kappa shape index (κ2) is 6.25. The molecule has 1 saturated heterocycles. The number of carbonyl (C=O) groups is 1. The second-order valence-corrected chi connectivity index (χ2v) is 4.09. The lowest BCUT2D eigenvalue weighted by Gasteiger charge is -2.26. The summed E-state index contributed by atoms with van der Waals surface area (Å²) < 4.78 is 5.24. The summed E-state index contributed by atoms with van der Waals surface area (Å²) in [6, 6.07) is 10.1. The van der Waals surface area contributed by atoms with Crippen LogP contribution in [0.4, 0.5) is 4.79 Å². The number of amides is 1. The van der Waals surface area contributed by atoms with Gasteiger partial charge in [0.1, 0.15) is 0 Å². The zero-order valence-corrected chi connectivity index (χ0v) is 9.89. The van der Waals surface area contributed by atoms with Gasteiger partial charge in [-0.05, 0) is 5.56 Å². The molecule has 0 aromatic heterocycles. The van der Waals surface area contributed by atoms with Crippen molar-refractivity contribution in [2.24, 2.45) is 0 Å². The van der Waals surface area contributed by atoms with Gasteiger partial charge < -0.3 is 15.0 Å². The highest BCUT2D eigenvalue weighted by molar-refractivity contribution is 5.67. The van der Waals surface area contributed by atoms with Crippen molar-refractivity contribution in [3.8, 4) is 0 Å². The van der Waals surface area contributed by atoms with Gasteiger partial charge in [0.2, 0.25) is 0 Å². The molecule has 0 aliphatic carbocycles. The Labute approximate surface area is 102 Å². The Balaban J connectivity index is 1.69. The molecule has 0 unspecified atom stereocenters. The summed E-state index contributed by atoms with van der Waals surface area (Å²) in [6.45, 7) is 3.64. The Morgan fingerprint density at radius 3 is 2.65 bits per heavy atom. The van der Waals surface area contributed by atoms with Crippen LogP contribution in [0.2, 0.25) is 0 Å². The molecule has 0 spiro atoms. The molecular weight excluding hydrogens is 216 g/mol. The van der Waals surface area contributed by atoms with Gasteiger partial charge in [-0.15, -0.1) is 0 Å². The van der Waals surface area contributed by atoms with Crippen molar-refractivity contribution in [2.75, 3.05) is 32.8 Å². The monoisotopic (exact) mass is 234 g/mol. The molecule has 1 N–H and O–H groups in total. The summed E-state index contributed by atoms with van der Waals surface area (Å²) in [4.78, 5) is 13.4. The molecule has 0 bridgehead atoms. The number of rotatable bonds is 3. The topological polar surface area (TPSA) is 41.6 Å². The SMILES string of the molecule is O=C(OCCc1ccccc1)N1CCNCC1. The van der Waals surface area contributed by atoms with Crippen LogP contribution in [0.3, 0.4) is 0 Å². The Morgan fingerprint density at radius 2 is 1.94 bits per heavy atom. The maximum atomic E-state index is 11.7. The van der Waals surface area contributed by atoms with Crippen LogP contribution >= 0.6 is 0 Å². The molecule has 1 heterocycles. The molecule has 1 aliphatic rings. The average molecular weight is 234 g/mol. The van der Waals surface area contributed by atoms with Gasteiger partial charge in [0, 0.05) is 32.6 Å². The van der Waals surface area contributed by atoms with E-state index in [1.807, 2.05) is 30.3 Å². The molecule has 0 radical (unpaired) electrons. The minimum absolute atomic E-state index is 0.192. The molecule has 17 heavy (non-hydrogen) atoms. The van der Waals surface area contributed by atoms with Gasteiger partial charge in [0.05, 0.1) is 6.61 Å². The van der Waals surface area contributed by atoms with E-state index in [1.165, 1.54) is 5.56 Å². The van der Waals surface area contributed by atoms with E-state index in [9.17, 15) is 4.79 Å². The Bertz CT molecular complexity index is 348. The smallest absolute Gasteiger partial charge is 0.409 e. The number of hydrogen-bond donors (Lipinski definition) is 1. The number of nitrogens with one attached hydrogen (secondary N) is 1. The first-order chi connectivity index (χ1) is 8.36. The van der Waals surface area contributed by atoms with E-state index >= 15 is 0 Å². The van der Waals surface area contributed by atoms with Crippen molar-refractivity contribution >= 4 is 6.09 Å². The van der Waals surface area contributed by atoms with E-state index in [-0.39, 0.29) is 6.09 Å². The van der Waals surface area contributed by atoms with Crippen molar-refractivity contribution in [1.29, 1.82) is 0 Å². The highest BCUT2D eigenvalue weighted by Crippen LogP contribution is 2.01. The van der Waals surface area contributed by atoms with Gasteiger partial charge in [-0.1, -0.05) is 30.3 Å². The van der Waals surface area contributed by atoms with Crippen LogP contribution < -0.4 is 5.32 Å². The predicted octanol–water partition coefficient (Wildman–Crippen LogP) is 1.27. The van der Waals surface area contributed by atoms with E-state index in [4.69, 9.17) is 4.74 Å². The fourth-order valence-corrected chi connectivity index (χ4v) is 1.84. The maximum Gasteiger partial charge on any atom is 0.409 e. The highest BCUT2D eigenvalue weighted by Gasteiger charge is 2.16. The largest absolute Gasteiger partial charge is 0.449 e. The quantitative estimate of drug-likeness (QED) is 0.856. The van der Waals surface area contributed by atoms with Gasteiger partial charge in [-0.25, -0.2) is 4.79 Å². The standard InChI is InChI=1S/C13H18N2O2/c16-13(15-9-7-14-8-10-15)17-11-6-12-4-2-1-3-5-12/h1-5,14H,6-11H2. The van der Waals surface area contributed by atoms with E-state index in [0.717, 1.165) is 32.6 Å². The second-order valence-electron chi connectivity index (χ2n) is 4.09. The minimum Gasteiger partial charge on any atom is -0.449 e. The number of carbonyl (C=O) groups excluding carboxylic acids is 1. The Kier molecular flexibility index (Phi) is 4.38. The first-order valence-electron chi connectivity index (χ1n) is 6.02. The van der Waals surface area contributed by atoms with Crippen molar-refractivity contribution < 1.29 is 9.53 Å². The molecule has 4 heteroatoms. The molecule has 1 amide bonds. The van der Waals surface area contributed by atoms with Crippen LogP contribution in [0.15, 0.2) is 30.3 Å². The number of hydrogen-bond acceptors (Lipinski definition) is 3. The fraction of sp³-hybridized carbons (Fsp3) is 0.462. The zero-order valence-electron chi connectivity index (χ0n) is 9.89. The van der Waals surface area contributed by atoms with Crippen LogP contribution in [0.25, 0.3) is 0 Å². The van der Waals surface area contributed by atoms with Gasteiger partial charge in [0.25, 0.3) is 0 Å². The summed E-state index contributed by atoms with van der Waals surface area (Å²) >= 11 is 0. The third-order valence-corrected chi connectivity index (χ3v) is 2.83. The lowest BCUT2D eigenvalue weighted by molar-refractivity contribution is 0.0986. The average Bonchev–Trinajstić information content (AvgIpc) is 2.41. The number of nitrogens with zero attached hydrogens (tertiary/aromatic N) is 1. The Morgan fingerprint density at radius 1 is 1.24 bits per heavy atom. The number of ether oxygens (including phenoxy) is 1. The van der Waals surface area contributed by atoms with E-state index in [1.54, 1.807) is 4.90 Å². The minimum atomic E-state index is -0.192. The van der Waals surface area contributed by atoms with Crippen molar-refractivity contribution in [3.63, 3.8) is 0 Å². The van der Waals surface area contributed by atoms with Crippen LogP contribution in [0, 0.1) is 0 Å². The lowest BCUT2D eigenvalue weighted by Crippen LogP contribution is -2.46. The maximum absolute atomic E-state index is 11.7. The van der Waals surface area contributed by atoms with E-state index in [0.29, 0.717) is 6.61 Å². The fourth-order valence-electron chi connectivity index (χ4n) is 1.84. The summed E-state index contributed by atoms with van der Waals surface area (Å²) in [5.41, 5.74) is 1.20. The normalized spacial score (nSPS) is 15.6. The van der Waals surface area contributed by atoms with E-state index in [2.05, 4.69) is 5.32 Å². The van der Waals surface area contributed by atoms with E-state index < -0.39 is 0 Å². The number of piperazine rings is 1. The molecule has 1 aromatic carbocycles. The molecular formula is C13H18N2O2. The summed E-state index contributed by atoms with van der Waals surface area (Å²) in [5, 5.41) is 3.20. The van der Waals surface area contributed by atoms with Crippen molar-refractivity contribution in [1.82, 2.24) is 10.2 Å². The highest BCUT2D eigenvalue weighted by atomic mass is 16.6. The summed E-state index contributed by atoms with van der Waals surface area (Å²) in [5.74, 6) is 0. The van der Waals surface area contributed by atoms with Crippen LogP contribution in [-0.2, 0) is 11.2 Å². The first-order valence-corrected chi connectivity index (χ1v) is 6.02. The third-order valence-electron chi connectivity index (χ3n) is 2.83. The van der Waals surface area contributed by atoms with Gasteiger partial charge in [-0.2, -0.15) is 0 Å². The van der Waals surface area contributed by atoms with Gasteiger partial charge in [-0.3, -0.25) is 0 Å². The molecule has 4 nitrogen and oxygen atoms in total. The molecule has 1 aliphatic heterocycles. The predicted molar refractivity (Wildman–Crippen MR) is 65.9 cm³/mol. The van der Waals surface area contributed by atoms with Gasteiger partial charge in [0.15, 0.2) is 0 Å². The molecule has 0 saturated carbocycles. The van der Waals surface area contributed by atoms with Crippen LogP contribution in [0.5, 0.6) is 0 Å². The lowest BCUT2D eigenvalue weighted by atomic mass is 10.2. The third kappa shape index (κ3) is 3.75. The Hall–Kier alpha value is -1.55. The van der Waals surface area contributed by atoms with Gasteiger partial charge >= 0.3 is 6.09 Å². The molecule has 1 aromatic rings. The van der Waals surface area contributed by atoms with Crippen LogP contribution in [0.1, 0.15) is 5.56 Å². The van der Waals surface area contributed by atoms with Crippen molar-refractivity contribution in [2.45, 2.75) is 6.42 Å².